The van der Waals surface area contributed by atoms with E-state index in [0.29, 0.717) is 22.6 Å². The predicted octanol–water partition coefficient (Wildman–Crippen LogP) is 5.76. The average Bonchev–Trinajstić information content (AvgIpc) is 3.13. The number of aryl methyl sites for hydroxylation is 1. The number of halogens is 2. The van der Waals surface area contributed by atoms with E-state index in [0.717, 1.165) is 31.2 Å². The molecule has 0 aliphatic carbocycles. The third kappa shape index (κ3) is 3.01. The number of hydrogen-bond donors (Lipinski definition) is 1. The van der Waals surface area contributed by atoms with Crippen molar-refractivity contribution in [1.29, 1.82) is 0 Å². The van der Waals surface area contributed by atoms with Gasteiger partial charge in [-0.1, -0.05) is 40.2 Å². The Balaban J connectivity index is 1.82. The van der Waals surface area contributed by atoms with Gasteiger partial charge in [-0.2, -0.15) is 0 Å². The molecule has 3 aromatic carbocycles. The van der Waals surface area contributed by atoms with Crippen LogP contribution in [-0.4, -0.2) is 19.5 Å². The molecule has 0 fully saturated rings. The summed E-state index contributed by atoms with van der Waals surface area (Å²) in [6.07, 6.45) is 0. The lowest BCUT2D eigenvalue weighted by Crippen LogP contribution is -2.23. The van der Waals surface area contributed by atoms with Crippen LogP contribution in [0.25, 0.3) is 39.0 Å². The zero-order valence-corrected chi connectivity index (χ0v) is 18.5. The van der Waals surface area contributed by atoms with Gasteiger partial charge in [-0.15, -0.1) is 0 Å². The molecule has 0 unspecified atom stereocenters. The van der Waals surface area contributed by atoms with Crippen molar-refractivity contribution in [3.8, 4) is 17.1 Å². The molecule has 0 bridgehead atoms. The van der Waals surface area contributed by atoms with Crippen LogP contribution < -0.4 is 5.56 Å². The first kappa shape index (κ1) is 18.3. The van der Waals surface area contributed by atoms with Crippen LogP contribution in [0.1, 0.15) is 5.82 Å². The van der Waals surface area contributed by atoms with Gasteiger partial charge in [-0.25, -0.2) is 9.97 Å². The number of aromatic nitrogens is 4. The van der Waals surface area contributed by atoms with E-state index in [2.05, 4.69) is 36.8 Å². The van der Waals surface area contributed by atoms with Gasteiger partial charge in [-0.3, -0.25) is 9.36 Å². The van der Waals surface area contributed by atoms with E-state index in [4.69, 9.17) is 9.97 Å². The van der Waals surface area contributed by atoms with Gasteiger partial charge in [0.05, 0.1) is 27.6 Å². The fourth-order valence-electron chi connectivity index (χ4n) is 3.55. The maximum atomic E-state index is 13.5. The highest BCUT2D eigenvalue weighted by Gasteiger charge is 2.17. The lowest BCUT2D eigenvalue weighted by atomic mass is 10.1. The summed E-state index contributed by atoms with van der Waals surface area (Å²) >= 11 is 6.98. The van der Waals surface area contributed by atoms with E-state index in [1.165, 1.54) is 0 Å². The molecule has 0 spiro atoms. The maximum Gasteiger partial charge on any atom is 0.266 e. The van der Waals surface area contributed by atoms with Crippen LogP contribution >= 0.6 is 31.9 Å². The zero-order chi connectivity index (χ0) is 20.1. The summed E-state index contributed by atoms with van der Waals surface area (Å²) in [6, 6.07) is 19.3. The Hall–Kier alpha value is -2.77. The Morgan fingerprint density at radius 1 is 0.966 bits per heavy atom. The van der Waals surface area contributed by atoms with Gasteiger partial charge in [0.25, 0.3) is 5.56 Å². The molecular weight excluding hydrogens is 496 g/mol. The fourth-order valence-corrected chi connectivity index (χ4v) is 4.87. The summed E-state index contributed by atoms with van der Waals surface area (Å²) in [6.45, 7) is 1.84. The van der Waals surface area contributed by atoms with Crippen molar-refractivity contribution >= 4 is 53.8 Å². The fraction of sp³-hybridized carbons (Fsp3) is 0.0455. The summed E-state index contributed by atoms with van der Waals surface area (Å²) in [7, 11) is 0. The molecule has 5 rings (SSSR count). The summed E-state index contributed by atoms with van der Waals surface area (Å²) in [5.74, 6) is 1.32. The molecule has 0 amide bonds. The average molecular weight is 510 g/mol. The normalized spacial score (nSPS) is 11.4. The van der Waals surface area contributed by atoms with E-state index in [1.54, 1.807) is 10.6 Å². The summed E-state index contributed by atoms with van der Waals surface area (Å²) in [5.41, 5.74) is 3.92. The van der Waals surface area contributed by atoms with E-state index >= 15 is 0 Å². The second-order valence-electron chi connectivity index (χ2n) is 6.70. The predicted molar refractivity (Wildman–Crippen MR) is 123 cm³/mol. The van der Waals surface area contributed by atoms with Gasteiger partial charge >= 0.3 is 0 Å². The molecule has 2 heterocycles. The Morgan fingerprint density at radius 2 is 1.72 bits per heavy atom. The number of nitrogens with one attached hydrogen (secondary N) is 1. The minimum atomic E-state index is -0.127. The first-order valence-electron chi connectivity index (χ1n) is 8.96. The Labute approximate surface area is 182 Å². The van der Waals surface area contributed by atoms with Gasteiger partial charge in [0, 0.05) is 14.5 Å². The molecule has 1 N–H and O–H groups in total. The lowest BCUT2D eigenvalue weighted by molar-refractivity contribution is 0.894. The minimum Gasteiger partial charge on any atom is -0.338 e. The molecule has 0 aliphatic rings. The van der Waals surface area contributed by atoms with Crippen LogP contribution in [0.5, 0.6) is 0 Å². The molecule has 5 nitrogen and oxygen atoms in total. The number of para-hydroxylation sites is 3. The highest BCUT2D eigenvalue weighted by atomic mass is 79.9. The number of imidazole rings is 1. The van der Waals surface area contributed by atoms with Gasteiger partial charge in [-0.05, 0) is 59.3 Å². The highest BCUT2D eigenvalue weighted by Crippen LogP contribution is 2.29. The largest absolute Gasteiger partial charge is 0.338 e. The van der Waals surface area contributed by atoms with Crippen LogP contribution in [0.3, 0.4) is 0 Å². The van der Waals surface area contributed by atoms with E-state index < -0.39 is 0 Å². The third-order valence-corrected chi connectivity index (χ3v) is 5.91. The van der Waals surface area contributed by atoms with Crippen molar-refractivity contribution in [1.82, 2.24) is 19.5 Å². The topological polar surface area (TPSA) is 63.6 Å². The molecule has 0 aliphatic heterocycles. The monoisotopic (exact) mass is 508 g/mol. The molecule has 0 saturated heterocycles. The Bertz CT molecular complexity index is 1440. The molecule has 142 valence electrons. The van der Waals surface area contributed by atoms with Gasteiger partial charge in [0.2, 0.25) is 0 Å². The maximum absolute atomic E-state index is 13.5. The minimum absolute atomic E-state index is 0.127. The highest BCUT2D eigenvalue weighted by molar-refractivity contribution is 9.11. The quantitative estimate of drug-likeness (QED) is 0.329. The van der Waals surface area contributed by atoms with Crippen molar-refractivity contribution in [2.75, 3.05) is 0 Å². The Morgan fingerprint density at radius 3 is 2.55 bits per heavy atom. The van der Waals surface area contributed by atoms with Crippen LogP contribution in [0.4, 0.5) is 0 Å². The molecule has 0 atom stereocenters. The first-order chi connectivity index (χ1) is 14.0. The van der Waals surface area contributed by atoms with Gasteiger partial charge in [0.1, 0.15) is 11.6 Å². The van der Waals surface area contributed by atoms with Crippen molar-refractivity contribution in [2.45, 2.75) is 6.92 Å². The van der Waals surface area contributed by atoms with Crippen LogP contribution in [0.2, 0.25) is 0 Å². The zero-order valence-electron chi connectivity index (χ0n) is 15.3. The molecule has 0 saturated carbocycles. The van der Waals surface area contributed by atoms with Gasteiger partial charge in [0.15, 0.2) is 0 Å². The number of rotatable bonds is 2. The lowest BCUT2D eigenvalue weighted by Gasteiger charge is -2.14. The molecular formula is C22H14Br2N4O. The second kappa shape index (κ2) is 6.93. The summed E-state index contributed by atoms with van der Waals surface area (Å²) < 4.78 is 3.24. The number of aromatic amines is 1. The Kier molecular flexibility index (Phi) is 4.37. The van der Waals surface area contributed by atoms with Crippen molar-refractivity contribution in [3.05, 3.63) is 85.8 Å². The number of H-pyrrole nitrogens is 1. The van der Waals surface area contributed by atoms with E-state index in [9.17, 15) is 4.79 Å². The summed E-state index contributed by atoms with van der Waals surface area (Å²) in [4.78, 5) is 26.2. The molecule has 5 aromatic rings. The van der Waals surface area contributed by atoms with Crippen molar-refractivity contribution in [2.24, 2.45) is 0 Å². The van der Waals surface area contributed by atoms with Crippen LogP contribution in [0.15, 0.2) is 74.4 Å². The molecule has 7 heteroatoms. The van der Waals surface area contributed by atoms with E-state index in [-0.39, 0.29) is 5.56 Å². The number of benzene rings is 3. The summed E-state index contributed by atoms with van der Waals surface area (Å²) in [5, 5.41) is 0.538. The van der Waals surface area contributed by atoms with Crippen LogP contribution in [-0.2, 0) is 0 Å². The number of nitrogens with zero attached hydrogens (tertiary/aromatic N) is 3. The standard InChI is InChI=1S/C22H14Br2N4O/c1-12-25-20-15(10-13(23)11-16(20)24)22(29)28(12)19-9-5-2-6-14(19)21-26-17-7-3-4-8-18(17)27-21/h2-11H,1H3,(H,26,27). The van der Waals surface area contributed by atoms with Crippen molar-refractivity contribution < 1.29 is 0 Å². The van der Waals surface area contributed by atoms with E-state index in [1.807, 2.05) is 61.5 Å². The number of fused-ring (bicyclic) bond motifs is 2. The SMILES string of the molecule is Cc1nc2c(Br)cc(Br)cc2c(=O)n1-c1ccccc1-c1nc2ccccc2[nH]1. The molecule has 29 heavy (non-hydrogen) atoms. The third-order valence-electron chi connectivity index (χ3n) is 4.85. The first-order valence-corrected chi connectivity index (χ1v) is 10.5. The van der Waals surface area contributed by atoms with Crippen LogP contribution in [0, 0.1) is 6.92 Å². The number of hydrogen-bond acceptors (Lipinski definition) is 3. The van der Waals surface area contributed by atoms with Gasteiger partial charge < -0.3 is 4.98 Å². The molecule has 0 radical (unpaired) electrons. The van der Waals surface area contributed by atoms with Crippen molar-refractivity contribution in [3.63, 3.8) is 0 Å². The molecule has 2 aromatic heterocycles. The smallest absolute Gasteiger partial charge is 0.266 e. The second-order valence-corrected chi connectivity index (χ2v) is 8.47.